The summed E-state index contributed by atoms with van der Waals surface area (Å²) in [6.07, 6.45) is 0.987. The minimum absolute atomic E-state index is 0.0447. The molecular weight excluding hydrogens is 1060 g/mol. The Labute approximate surface area is 486 Å². The van der Waals surface area contributed by atoms with Gasteiger partial charge in [-0.05, 0) is 158 Å². The van der Waals surface area contributed by atoms with Crippen LogP contribution in [0.1, 0.15) is 147 Å². The standard InChI is InChI=1S/C64H78N6O13/c1-58(2,65-41-71)45-18-15-20-47(38-45)60(5,6)67-54(74)80-36-34-79-35-37-81-55(75)68-61(7,8)49-22-17-23-50(40-49)63(11,12)70-57(77)83-52-30-26-44(27-31-52)64(13,33-32-53(73)78-14)43-24-28-51(29-25-43)82-56(76)69-62(9,10)48-21-16-19-46(39-48)59(3,4)66-42-72/h15-31,38-40H,32-37H2,1-14H3,(H,67,74)(H,68,75)(H,69,76)(H,70,77). The largest absolute Gasteiger partial charge is 0.469 e. The van der Waals surface area contributed by atoms with Crippen molar-refractivity contribution < 1.29 is 62.0 Å². The first kappa shape index (κ1) is 65.2. The molecule has 0 saturated carbocycles. The molecular formula is C64H78N6O13. The number of benzene rings is 5. The molecule has 4 N–H and O–H groups in total. The Kier molecular flexibility index (Phi) is 21.5. The molecule has 0 heterocycles. The van der Waals surface area contributed by atoms with Crippen molar-refractivity contribution in [2.75, 3.05) is 33.5 Å². The highest BCUT2D eigenvalue weighted by atomic mass is 16.6. The lowest BCUT2D eigenvalue weighted by Gasteiger charge is -2.31. The van der Waals surface area contributed by atoms with Gasteiger partial charge in [-0.15, -0.1) is 0 Å². The number of carbonyl (C=O) groups is 5. The third-order valence-electron chi connectivity index (χ3n) is 14.6. The van der Waals surface area contributed by atoms with E-state index in [2.05, 4.69) is 31.3 Å². The van der Waals surface area contributed by atoms with Crippen LogP contribution in [0, 0.1) is 0 Å². The average Bonchev–Trinajstić information content (AvgIpc) is 3.53. The van der Waals surface area contributed by atoms with Gasteiger partial charge in [-0.2, -0.15) is 9.98 Å². The Morgan fingerprint density at radius 1 is 0.422 bits per heavy atom. The van der Waals surface area contributed by atoms with Crippen molar-refractivity contribution in [3.05, 3.63) is 166 Å². The number of methoxy groups -OCH3 is 1. The molecule has 0 spiro atoms. The highest BCUT2D eigenvalue weighted by molar-refractivity contribution is 5.73. The second kappa shape index (κ2) is 27.4. The summed E-state index contributed by atoms with van der Waals surface area (Å²) in [4.78, 5) is 94.5. The molecule has 5 aromatic rings. The first-order chi connectivity index (χ1) is 38.9. The number of aliphatic imine (C=N–C) groups is 2. The number of carbonyl (C=O) groups excluding carboxylic acids is 7. The van der Waals surface area contributed by atoms with Gasteiger partial charge < -0.3 is 49.7 Å². The van der Waals surface area contributed by atoms with E-state index in [1.54, 1.807) is 64.1 Å². The molecule has 1 unspecified atom stereocenters. The second-order valence-electron chi connectivity index (χ2n) is 23.4. The van der Waals surface area contributed by atoms with Crippen molar-refractivity contribution in [1.29, 1.82) is 0 Å². The van der Waals surface area contributed by atoms with Crippen molar-refractivity contribution in [1.82, 2.24) is 21.3 Å². The molecule has 0 aliphatic carbocycles. The number of hydrogen-bond donors (Lipinski definition) is 4. The summed E-state index contributed by atoms with van der Waals surface area (Å²) in [6, 6.07) is 36.3. The fourth-order valence-corrected chi connectivity index (χ4v) is 9.06. The third kappa shape index (κ3) is 18.2. The van der Waals surface area contributed by atoms with Crippen LogP contribution in [0.4, 0.5) is 19.2 Å². The van der Waals surface area contributed by atoms with Gasteiger partial charge in [0.25, 0.3) is 0 Å². The fourth-order valence-electron chi connectivity index (χ4n) is 9.06. The van der Waals surface area contributed by atoms with Crippen LogP contribution in [0.3, 0.4) is 0 Å². The molecule has 1 atom stereocenters. The normalized spacial score (nSPS) is 12.7. The highest BCUT2D eigenvalue weighted by Crippen LogP contribution is 2.39. The summed E-state index contributed by atoms with van der Waals surface area (Å²) in [5, 5.41) is 11.6. The molecule has 442 valence electrons. The van der Waals surface area contributed by atoms with E-state index in [1.165, 1.54) is 7.11 Å². The topological polar surface area (TPSA) is 248 Å². The Bertz CT molecular complexity index is 3190. The summed E-state index contributed by atoms with van der Waals surface area (Å²) < 4.78 is 32.7. The van der Waals surface area contributed by atoms with Gasteiger partial charge in [0.2, 0.25) is 12.2 Å². The maximum atomic E-state index is 13.5. The van der Waals surface area contributed by atoms with Crippen LogP contribution in [0.25, 0.3) is 0 Å². The van der Waals surface area contributed by atoms with E-state index in [0.29, 0.717) is 6.42 Å². The van der Waals surface area contributed by atoms with Crippen LogP contribution >= 0.6 is 0 Å². The SMILES string of the molecule is COC(=O)CCC(C)(c1ccc(OC(=O)NC(C)(C)c2cccc(C(C)(C)N=C=O)c2)cc1)c1ccc(OC(=O)NC(C)(C)c2cccc(C(C)(C)NC(=O)OCCOCCOC(=O)NC(C)(C)c3cccc(C(C)(C)N=C=O)c3)c2)cc1. The molecule has 0 aromatic heterocycles. The van der Waals surface area contributed by atoms with E-state index in [-0.39, 0.29) is 50.3 Å². The van der Waals surface area contributed by atoms with Crippen LogP contribution in [-0.2, 0) is 72.0 Å². The van der Waals surface area contributed by atoms with E-state index >= 15 is 0 Å². The lowest BCUT2D eigenvalue weighted by Crippen LogP contribution is -2.44. The van der Waals surface area contributed by atoms with Crippen molar-refractivity contribution in [2.45, 2.75) is 141 Å². The second-order valence-corrected chi connectivity index (χ2v) is 23.4. The number of rotatable bonds is 25. The molecule has 83 heavy (non-hydrogen) atoms. The first-order valence-corrected chi connectivity index (χ1v) is 27.1. The van der Waals surface area contributed by atoms with Gasteiger partial charge in [-0.25, -0.2) is 28.8 Å². The van der Waals surface area contributed by atoms with Gasteiger partial charge >= 0.3 is 30.3 Å². The Morgan fingerprint density at radius 2 is 0.735 bits per heavy atom. The zero-order valence-electron chi connectivity index (χ0n) is 50.0. The van der Waals surface area contributed by atoms with E-state index in [1.807, 2.05) is 159 Å². The smallest absolute Gasteiger partial charge is 0.413 e. The van der Waals surface area contributed by atoms with E-state index in [9.17, 15) is 33.6 Å². The number of nitrogens with zero attached hydrogens (tertiary/aromatic N) is 2. The third-order valence-corrected chi connectivity index (χ3v) is 14.6. The number of isocyanates is 2. The predicted molar refractivity (Wildman–Crippen MR) is 312 cm³/mol. The summed E-state index contributed by atoms with van der Waals surface area (Å²) in [6.45, 7) is 23.8. The van der Waals surface area contributed by atoms with Crippen LogP contribution in [-0.4, -0.2) is 76.0 Å². The molecule has 19 heteroatoms. The van der Waals surface area contributed by atoms with Gasteiger partial charge in [-0.3, -0.25) is 4.79 Å². The van der Waals surface area contributed by atoms with E-state index in [4.69, 9.17) is 28.4 Å². The maximum Gasteiger partial charge on any atom is 0.413 e. The molecule has 0 saturated heterocycles. The molecule has 5 rings (SSSR count). The highest BCUT2D eigenvalue weighted by Gasteiger charge is 2.33. The fraction of sp³-hybridized carbons (Fsp3) is 0.422. The number of amides is 4. The lowest BCUT2D eigenvalue weighted by molar-refractivity contribution is -0.140. The van der Waals surface area contributed by atoms with Gasteiger partial charge in [-0.1, -0.05) is 104 Å². The molecule has 0 aliphatic heterocycles. The van der Waals surface area contributed by atoms with Gasteiger partial charge in [0.15, 0.2) is 0 Å². The van der Waals surface area contributed by atoms with Crippen molar-refractivity contribution in [3.63, 3.8) is 0 Å². The maximum absolute atomic E-state index is 13.5. The van der Waals surface area contributed by atoms with E-state index < -0.39 is 63.0 Å². The first-order valence-electron chi connectivity index (χ1n) is 27.1. The van der Waals surface area contributed by atoms with Crippen LogP contribution in [0.5, 0.6) is 11.5 Å². The molecule has 0 radical (unpaired) electrons. The zero-order valence-corrected chi connectivity index (χ0v) is 50.0. The minimum atomic E-state index is -0.935. The monoisotopic (exact) mass is 1140 g/mol. The molecule has 5 aromatic carbocycles. The van der Waals surface area contributed by atoms with Crippen molar-refractivity contribution >= 4 is 42.5 Å². The van der Waals surface area contributed by atoms with Gasteiger partial charge in [0.1, 0.15) is 24.7 Å². The van der Waals surface area contributed by atoms with E-state index in [0.717, 1.165) is 44.5 Å². The van der Waals surface area contributed by atoms with Crippen LogP contribution < -0.4 is 30.7 Å². The number of esters is 1. The van der Waals surface area contributed by atoms with Gasteiger partial charge in [0.05, 0.1) is 53.6 Å². The summed E-state index contributed by atoms with van der Waals surface area (Å²) in [5.74, 6) is 0.176. The van der Waals surface area contributed by atoms with Gasteiger partial charge in [0, 0.05) is 11.8 Å². The predicted octanol–water partition coefficient (Wildman–Crippen LogP) is 11.8. The lowest BCUT2D eigenvalue weighted by atomic mass is 9.73. The Balaban J connectivity index is 1.11. The van der Waals surface area contributed by atoms with Crippen LogP contribution in [0.2, 0.25) is 0 Å². The zero-order chi connectivity index (χ0) is 61.4. The minimum Gasteiger partial charge on any atom is -0.469 e. The Hall–Kier alpha value is -8.63. The number of alkyl carbamates (subject to hydrolysis) is 2. The summed E-state index contributed by atoms with van der Waals surface area (Å²) >= 11 is 0. The molecule has 0 aliphatic rings. The number of nitrogens with one attached hydrogen (secondary N) is 4. The number of ether oxygens (including phenoxy) is 6. The average molecular weight is 1140 g/mol. The summed E-state index contributed by atoms with van der Waals surface area (Å²) in [7, 11) is 1.33. The van der Waals surface area contributed by atoms with Crippen molar-refractivity contribution in [2.24, 2.45) is 9.98 Å². The van der Waals surface area contributed by atoms with Crippen LogP contribution in [0.15, 0.2) is 131 Å². The Morgan fingerprint density at radius 3 is 1.06 bits per heavy atom. The molecule has 0 bridgehead atoms. The van der Waals surface area contributed by atoms with Crippen molar-refractivity contribution in [3.8, 4) is 11.5 Å². The molecule has 4 amide bonds. The quantitative estimate of drug-likeness (QED) is 0.0140. The molecule has 19 nitrogen and oxygen atoms in total. The number of hydrogen-bond acceptors (Lipinski definition) is 15. The molecule has 0 fully saturated rings. The summed E-state index contributed by atoms with van der Waals surface area (Å²) in [5.41, 5.74) is 0.406.